The van der Waals surface area contributed by atoms with Crippen LogP contribution in [0.4, 0.5) is 0 Å². The topological polar surface area (TPSA) is 77.2 Å². The molecule has 0 fully saturated rings. The van der Waals surface area contributed by atoms with E-state index in [4.69, 9.17) is 9.84 Å². The molecule has 2 aromatic heterocycles. The van der Waals surface area contributed by atoms with Crippen molar-refractivity contribution in [2.75, 3.05) is 0 Å². The van der Waals surface area contributed by atoms with Crippen LogP contribution in [0.1, 0.15) is 21.6 Å². The van der Waals surface area contributed by atoms with Crippen molar-refractivity contribution in [3.63, 3.8) is 0 Å². The first-order chi connectivity index (χ1) is 11.2. The van der Waals surface area contributed by atoms with Crippen LogP contribution in [0.15, 0.2) is 61.3 Å². The van der Waals surface area contributed by atoms with Crippen molar-refractivity contribution in [1.82, 2.24) is 14.5 Å². The number of carbonyl (C=O) groups is 1. The van der Waals surface area contributed by atoms with Gasteiger partial charge < -0.3 is 14.4 Å². The molecule has 3 aromatic rings. The molecule has 0 amide bonds. The van der Waals surface area contributed by atoms with E-state index in [0.717, 1.165) is 11.3 Å². The van der Waals surface area contributed by atoms with Gasteiger partial charge in [0, 0.05) is 18.6 Å². The lowest BCUT2D eigenvalue weighted by Crippen LogP contribution is -2.04. The third kappa shape index (κ3) is 3.74. The fourth-order valence-electron chi connectivity index (χ4n) is 2.13. The van der Waals surface area contributed by atoms with Crippen LogP contribution in [-0.2, 0) is 13.2 Å². The number of carboxylic acid groups (broad SMARTS) is 1. The molecule has 0 aliphatic carbocycles. The number of imidazole rings is 1. The van der Waals surface area contributed by atoms with Gasteiger partial charge in [0.2, 0.25) is 0 Å². The second-order valence-corrected chi connectivity index (χ2v) is 4.97. The molecular weight excluding hydrogens is 294 g/mol. The number of ether oxygens (including phenoxy) is 1. The first-order valence-electron chi connectivity index (χ1n) is 7.07. The number of carboxylic acids is 1. The lowest BCUT2D eigenvalue weighted by Gasteiger charge is -2.11. The molecule has 0 saturated carbocycles. The van der Waals surface area contributed by atoms with Crippen LogP contribution in [0.2, 0.25) is 0 Å². The highest BCUT2D eigenvalue weighted by Gasteiger charge is 2.07. The minimum absolute atomic E-state index is 0.260. The first-order valence-corrected chi connectivity index (χ1v) is 7.07. The van der Waals surface area contributed by atoms with Crippen LogP contribution in [-0.4, -0.2) is 25.6 Å². The van der Waals surface area contributed by atoms with Crippen molar-refractivity contribution in [2.45, 2.75) is 13.2 Å². The van der Waals surface area contributed by atoms with Gasteiger partial charge in [-0.05, 0) is 29.8 Å². The largest absolute Gasteiger partial charge is 0.487 e. The Morgan fingerprint density at radius 2 is 2.00 bits per heavy atom. The normalized spacial score (nSPS) is 10.4. The summed E-state index contributed by atoms with van der Waals surface area (Å²) in [6.45, 7) is 0.927. The predicted octanol–water partition coefficient (Wildman–Crippen LogP) is 2.60. The van der Waals surface area contributed by atoms with Crippen LogP contribution >= 0.6 is 0 Å². The van der Waals surface area contributed by atoms with Crippen molar-refractivity contribution in [3.8, 4) is 5.75 Å². The van der Waals surface area contributed by atoms with Crippen LogP contribution in [0, 0.1) is 0 Å². The summed E-state index contributed by atoms with van der Waals surface area (Å²) in [6, 6.07) is 10.3. The molecule has 0 radical (unpaired) electrons. The van der Waals surface area contributed by atoms with Gasteiger partial charge in [-0.2, -0.15) is 0 Å². The molecule has 23 heavy (non-hydrogen) atoms. The summed E-state index contributed by atoms with van der Waals surface area (Å²) in [5.41, 5.74) is 1.97. The van der Waals surface area contributed by atoms with Crippen LogP contribution in [0.5, 0.6) is 5.75 Å². The summed E-state index contributed by atoms with van der Waals surface area (Å²) in [5.74, 6) is -0.240. The van der Waals surface area contributed by atoms with E-state index < -0.39 is 5.97 Å². The SMILES string of the molecule is O=C(O)c1ccc(COc2cccnc2Cn2ccnc2)cc1. The van der Waals surface area contributed by atoms with Crippen molar-refractivity contribution in [3.05, 3.63) is 78.1 Å². The van der Waals surface area contributed by atoms with E-state index >= 15 is 0 Å². The summed E-state index contributed by atoms with van der Waals surface area (Å²) in [5, 5.41) is 8.90. The maximum absolute atomic E-state index is 10.8. The fourth-order valence-corrected chi connectivity index (χ4v) is 2.13. The van der Waals surface area contributed by atoms with Gasteiger partial charge in [-0.1, -0.05) is 12.1 Å². The summed E-state index contributed by atoms with van der Waals surface area (Å²) in [4.78, 5) is 19.2. The van der Waals surface area contributed by atoms with Gasteiger partial charge in [0.25, 0.3) is 0 Å². The smallest absolute Gasteiger partial charge is 0.335 e. The molecule has 0 saturated heterocycles. The molecule has 116 valence electrons. The second-order valence-electron chi connectivity index (χ2n) is 4.97. The Kier molecular flexibility index (Phi) is 4.33. The van der Waals surface area contributed by atoms with Gasteiger partial charge in [0.15, 0.2) is 0 Å². The molecule has 0 atom stereocenters. The molecule has 6 nitrogen and oxygen atoms in total. The Balaban J connectivity index is 1.69. The Bertz CT molecular complexity index is 783. The number of aromatic nitrogens is 3. The molecule has 1 N–H and O–H groups in total. The molecule has 1 aromatic carbocycles. The van der Waals surface area contributed by atoms with Crippen molar-refractivity contribution in [2.24, 2.45) is 0 Å². The summed E-state index contributed by atoms with van der Waals surface area (Å²) < 4.78 is 7.74. The second kappa shape index (κ2) is 6.74. The van der Waals surface area contributed by atoms with Crippen molar-refractivity contribution >= 4 is 5.97 Å². The Hall–Kier alpha value is -3.15. The molecule has 0 spiro atoms. The van der Waals surface area contributed by atoms with E-state index in [2.05, 4.69) is 9.97 Å². The highest BCUT2D eigenvalue weighted by Crippen LogP contribution is 2.18. The van der Waals surface area contributed by atoms with Crippen molar-refractivity contribution < 1.29 is 14.6 Å². The van der Waals surface area contributed by atoms with Crippen LogP contribution in [0.3, 0.4) is 0 Å². The van der Waals surface area contributed by atoms with Crippen molar-refractivity contribution in [1.29, 1.82) is 0 Å². The van der Waals surface area contributed by atoms with E-state index in [0.29, 0.717) is 18.9 Å². The van der Waals surface area contributed by atoms with Gasteiger partial charge in [-0.25, -0.2) is 9.78 Å². The summed E-state index contributed by atoms with van der Waals surface area (Å²) >= 11 is 0. The molecule has 0 aliphatic heterocycles. The zero-order valence-electron chi connectivity index (χ0n) is 12.3. The van der Waals surface area contributed by atoms with Gasteiger partial charge in [0.1, 0.15) is 18.1 Å². The van der Waals surface area contributed by atoms with E-state index in [9.17, 15) is 4.79 Å². The minimum atomic E-state index is -0.938. The molecule has 6 heteroatoms. The van der Waals surface area contributed by atoms with Gasteiger partial charge in [-0.3, -0.25) is 4.98 Å². The zero-order valence-corrected chi connectivity index (χ0v) is 12.3. The highest BCUT2D eigenvalue weighted by atomic mass is 16.5. The minimum Gasteiger partial charge on any atom is -0.487 e. The summed E-state index contributed by atoms with van der Waals surface area (Å²) in [7, 11) is 0. The molecular formula is C17H15N3O3. The van der Waals surface area contributed by atoms with Gasteiger partial charge in [0.05, 0.1) is 18.4 Å². The molecule has 2 heterocycles. The average Bonchev–Trinajstić information content (AvgIpc) is 3.07. The van der Waals surface area contributed by atoms with E-state index in [1.165, 1.54) is 0 Å². The third-order valence-electron chi connectivity index (χ3n) is 3.34. The zero-order chi connectivity index (χ0) is 16.1. The van der Waals surface area contributed by atoms with E-state index in [-0.39, 0.29) is 5.56 Å². The number of nitrogens with zero attached hydrogens (tertiary/aromatic N) is 3. The lowest BCUT2D eigenvalue weighted by atomic mass is 10.1. The standard InChI is InChI=1S/C17H15N3O3/c21-17(22)14-5-3-13(4-6-14)11-23-16-2-1-7-19-15(16)10-20-9-8-18-12-20/h1-9,12H,10-11H2,(H,21,22). The molecule has 0 aliphatic rings. The summed E-state index contributed by atoms with van der Waals surface area (Å²) in [6.07, 6.45) is 7.03. The molecule has 0 unspecified atom stereocenters. The van der Waals surface area contributed by atoms with Gasteiger partial charge >= 0.3 is 5.97 Å². The van der Waals surface area contributed by atoms with E-state index in [1.54, 1.807) is 43.0 Å². The molecule has 0 bridgehead atoms. The van der Waals surface area contributed by atoms with Gasteiger partial charge in [-0.15, -0.1) is 0 Å². The number of pyridine rings is 1. The number of benzene rings is 1. The third-order valence-corrected chi connectivity index (χ3v) is 3.34. The quantitative estimate of drug-likeness (QED) is 0.757. The molecule has 3 rings (SSSR count). The van der Waals surface area contributed by atoms with Crippen LogP contribution in [0.25, 0.3) is 0 Å². The predicted molar refractivity (Wildman–Crippen MR) is 83.3 cm³/mol. The lowest BCUT2D eigenvalue weighted by molar-refractivity contribution is 0.0697. The first kappa shape index (κ1) is 14.8. The fraction of sp³-hybridized carbons (Fsp3) is 0.118. The maximum Gasteiger partial charge on any atom is 0.335 e. The van der Waals surface area contributed by atoms with Crippen LogP contribution < -0.4 is 4.74 Å². The number of hydrogen-bond acceptors (Lipinski definition) is 4. The number of rotatable bonds is 6. The number of aromatic carboxylic acids is 1. The Morgan fingerprint density at radius 3 is 2.70 bits per heavy atom. The highest BCUT2D eigenvalue weighted by molar-refractivity contribution is 5.87. The average molecular weight is 309 g/mol. The van der Waals surface area contributed by atoms with E-state index in [1.807, 2.05) is 22.9 Å². The Labute approximate surface area is 133 Å². The number of hydrogen-bond donors (Lipinski definition) is 1. The Morgan fingerprint density at radius 1 is 1.17 bits per heavy atom. The maximum atomic E-state index is 10.8. The monoisotopic (exact) mass is 309 g/mol.